The van der Waals surface area contributed by atoms with Crippen molar-refractivity contribution >= 4 is 17.4 Å². The first kappa shape index (κ1) is 11.1. The Morgan fingerprint density at radius 2 is 2.07 bits per heavy atom. The molecule has 0 spiro atoms. The van der Waals surface area contributed by atoms with E-state index in [0.29, 0.717) is 12.2 Å². The van der Waals surface area contributed by atoms with Gasteiger partial charge in [-0.1, -0.05) is 6.92 Å². The Bertz CT molecular complexity index is 392. The number of rotatable bonds is 4. The lowest BCUT2D eigenvalue weighted by Crippen LogP contribution is -1.85. The molecule has 0 aromatic heterocycles. The summed E-state index contributed by atoms with van der Waals surface area (Å²) in [5.74, 6) is 0. The number of hydrogen-bond donors (Lipinski definition) is 0. The lowest BCUT2D eigenvalue weighted by Gasteiger charge is -1.90. The molecule has 5 nitrogen and oxygen atoms in total. The summed E-state index contributed by atoms with van der Waals surface area (Å²) >= 11 is 0. The Morgan fingerprint density at radius 3 is 2.60 bits per heavy atom. The van der Waals surface area contributed by atoms with E-state index < -0.39 is 4.92 Å². The topological polar surface area (TPSA) is 67.9 Å². The average molecular weight is 205 g/mol. The van der Waals surface area contributed by atoms with Gasteiger partial charge in [-0.05, 0) is 18.6 Å². The van der Waals surface area contributed by atoms with E-state index in [1.54, 1.807) is 12.1 Å². The highest BCUT2D eigenvalue weighted by Crippen LogP contribution is 2.16. The SMILES string of the molecule is CCCN=C=Nc1ccc([N+](=O)[O-])cc1. The summed E-state index contributed by atoms with van der Waals surface area (Å²) in [5, 5.41) is 10.4. The number of non-ortho nitro benzene ring substituents is 1. The van der Waals surface area contributed by atoms with Crippen molar-refractivity contribution in [2.45, 2.75) is 13.3 Å². The summed E-state index contributed by atoms with van der Waals surface area (Å²) < 4.78 is 0. The van der Waals surface area contributed by atoms with Gasteiger partial charge in [0.1, 0.15) is 0 Å². The quantitative estimate of drug-likeness (QED) is 0.431. The molecular weight excluding hydrogens is 194 g/mol. The predicted molar refractivity (Wildman–Crippen MR) is 57.8 cm³/mol. The number of aliphatic imine (C=N–C) groups is 2. The fourth-order valence-corrected chi connectivity index (χ4v) is 0.904. The first-order chi connectivity index (χ1) is 7.24. The van der Waals surface area contributed by atoms with Gasteiger partial charge in [-0.2, -0.15) is 4.99 Å². The van der Waals surface area contributed by atoms with Crippen LogP contribution in [0.3, 0.4) is 0 Å². The highest BCUT2D eigenvalue weighted by atomic mass is 16.6. The van der Waals surface area contributed by atoms with Crippen LogP contribution in [0.5, 0.6) is 0 Å². The number of nitro groups is 1. The molecule has 0 heterocycles. The average Bonchev–Trinajstić information content (AvgIpc) is 2.25. The Balaban J connectivity index is 2.72. The molecule has 0 fully saturated rings. The van der Waals surface area contributed by atoms with Crippen LogP contribution in [0.1, 0.15) is 13.3 Å². The van der Waals surface area contributed by atoms with Crippen LogP contribution in [0, 0.1) is 10.1 Å². The molecule has 0 saturated carbocycles. The van der Waals surface area contributed by atoms with Crippen molar-refractivity contribution in [3.8, 4) is 0 Å². The molecule has 0 unspecified atom stereocenters. The van der Waals surface area contributed by atoms with E-state index in [2.05, 4.69) is 16.0 Å². The highest BCUT2D eigenvalue weighted by Gasteiger charge is 2.02. The van der Waals surface area contributed by atoms with Gasteiger partial charge in [0.05, 0.1) is 16.6 Å². The largest absolute Gasteiger partial charge is 0.269 e. The fourth-order valence-electron chi connectivity index (χ4n) is 0.904. The summed E-state index contributed by atoms with van der Waals surface area (Å²) in [6.07, 6.45) is 0.947. The van der Waals surface area contributed by atoms with Crippen molar-refractivity contribution in [3.05, 3.63) is 34.4 Å². The standard InChI is InChI=1S/C10H11N3O2/c1-2-7-11-8-12-9-3-5-10(6-4-9)13(14)15/h3-6H,2,7H2,1H3. The molecular formula is C10H11N3O2. The van der Waals surface area contributed by atoms with E-state index in [1.807, 2.05) is 6.92 Å². The monoisotopic (exact) mass is 205 g/mol. The Kier molecular flexibility index (Phi) is 4.19. The second kappa shape index (κ2) is 5.67. The number of nitrogens with zero attached hydrogens (tertiary/aromatic N) is 3. The van der Waals surface area contributed by atoms with Crippen LogP contribution < -0.4 is 0 Å². The van der Waals surface area contributed by atoms with E-state index >= 15 is 0 Å². The molecule has 78 valence electrons. The summed E-state index contributed by atoms with van der Waals surface area (Å²) in [5.41, 5.74) is 0.667. The number of nitro benzene ring substituents is 1. The minimum absolute atomic E-state index is 0.0550. The first-order valence-electron chi connectivity index (χ1n) is 4.60. The molecule has 0 amide bonds. The van der Waals surface area contributed by atoms with Crippen LogP contribution in [0.25, 0.3) is 0 Å². The second-order valence-corrected chi connectivity index (χ2v) is 2.87. The van der Waals surface area contributed by atoms with Gasteiger partial charge >= 0.3 is 0 Å². The molecule has 0 aliphatic heterocycles. The first-order valence-corrected chi connectivity index (χ1v) is 4.60. The van der Waals surface area contributed by atoms with Crippen LogP contribution >= 0.6 is 0 Å². The third kappa shape index (κ3) is 3.70. The maximum Gasteiger partial charge on any atom is 0.269 e. The van der Waals surface area contributed by atoms with Crippen LogP contribution in [-0.4, -0.2) is 17.5 Å². The third-order valence-electron chi connectivity index (χ3n) is 1.65. The second-order valence-electron chi connectivity index (χ2n) is 2.87. The maximum absolute atomic E-state index is 10.4. The molecule has 1 aromatic rings. The summed E-state index contributed by atoms with van der Waals surface area (Å²) in [4.78, 5) is 17.7. The van der Waals surface area contributed by atoms with Crippen LogP contribution in [0.2, 0.25) is 0 Å². The van der Waals surface area contributed by atoms with Crippen molar-refractivity contribution in [2.24, 2.45) is 9.98 Å². The van der Waals surface area contributed by atoms with Gasteiger partial charge in [0.25, 0.3) is 5.69 Å². The van der Waals surface area contributed by atoms with Crippen molar-refractivity contribution in [1.29, 1.82) is 0 Å². The third-order valence-corrected chi connectivity index (χ3v) is 1.65. The minimum atomic E-state index is -0.446. The predicted octanol–water partition coefficient (Wildman–Crippen LogP) is 2.81. The molecule has 1 aromatic carbocycles. The highest BCUT2D eigenvalue weighted by molar-refractivity contribution is 5.54. The summed E-state index contributed by atoms with van der Waals surface area (Å²) in [6, 6.07) is 8.46. The smallest absolute Gasteiger partial charge is 0.258 e. The molecule has 0 radical (unpaired) electrons. The van der Waals surface area contributed by atoms with Crippen LogP contribution in [0.4, 0.5) is 11.4 Å². The van der Waals surface area contributed by atoms with E-state index in [9.17, 15) is 10.1 Å². The lowest BCUT2D eigenvalue weighted by atomic mass is 10.3. The summed E-state index contributed by atoms with van der Waals surface area (Å²) in [7, 11) is 0. The van der Waals surface area contributed by atoms with E-state index in [4.69, 9.17) is 0 Å². The zero-order chi connectivity index (χ0) is 11.1. The van der Waals surface area contributed by atoms with Gasteiger partial charge in [0.15, 0.2) is 0 Å². The van der Waals surface area contributed by atoms with Crippen molar-refractivity contribution in [3.63, 3.8) is 0 Å². The Morgan fingerprint density at radius 1 is 1.40 bits per heavy atom. The maximum atomic E-state index is 10.4. The van der Waals surface area contributed by atoms with Crippen molar-refractivity contribution in [2.75, 3.05) is 6.54 Å². The number of benzene rings is 1. The summed E-state index contributed by atoms with van der Waals surface area (Å²) in [6.45, 7) is 2.70. The molecule has 0 aliphatic rings. The molecule has 0 bridgehead atoms. The van der Waals surface area contributed by atoms with Gasteiger partial charge in [-0.15, -0.1) is 0 Å². The van der Waals surface area contributed by atoms with Crippen LogP contribution in [0.15, 0.2) is 34.3 Å². The molecule has 5 heteroatoms. The van der Waals surface area contributed by atoms with E-state index in [1.165, 1.54) is 12.1 Å². The van der Waals surface area contributed by atoms with Crippen molar-refractivity contribution < 1.29 is 4.92 Å². The van der Waals surface area contributed by atoms with Gasteiger partial charge < -0.3 is 0 Å². The Labute approximate surface area is 87.3 Å². The minimum Gasteiger partial charge on any atom is -0.258 e. The van der Waals surface area contributed by atoms with Gasteiger partial charge in [0, 0.05) is 18.7 Å². The zero-order valence-electron chi connectivity index (χ0n) is 8.38. The molecule has 0 aliphatic carbocycles. The molecule has 1 rings (SSSR count). The van der Waals surface area contributed by atoms with E-state index in [0.717, 1.165) is 6.42 Å². The zero-order valence-corrected chi connectivity index (χ0v) is 8.38. The van der Waals surface area contributed by atoms with Crippen molar-refractivity contribution in [1.82, 2.24) is 0 Å². The van der Waals surface area contributed by atoms with Gasteiger partial charge in [-0.3, -0.25) is 10.1 Å². The Hall–Kier alpha value is -2.00. The normalized spacial score (nSPS) is 9.13. The molecule has 0 saturated heterocycles. The van der Waals surface area contributed by atoms with E-state index in [-0.39, 0.29) is 5.69 Å². The lowest BCUT2D eigenvalue weighted by molar-refractivity contribution is -0.384. The number of hydrogen-bond acceptors (Lipinski definition) is 4. The van der Waals surface area contributed by atoms with Gasteiger partial charge in [-0.25, -0.2) is 4.99 Å². The fraction of sp³-hybridized carbons (Fsp3) is 0.300. The van der Waals surface area contributed by atoms with Crippen LogP contribution in [-0.2, 0) is 0 Å². The molecule has 0 N–H and O–H groups in total. The molecule has 15 heavy (non-hydrogen) atoms. The van der Waals surface area contributed by atoms with Gasteiger partial charge in [0.2, 0.25) is 0 Å². The molecule has 0 atom stereocenters.